The molecule has 2 aromatic heterocycles. The minimum atomic E-state index is 0.710. The Labute approximate surface area is 117 Å². The average molecular weight is 265 g/mol. The van der Waals surface area contributed by atoms with E-state index in [9.17, 15) is 0 Å². The molecule has 4 nitrogen and oxygen atoms in total. The van der Waals surface area contributed by atoms with Crippen LogP contribution < -0.4 is 5.32 Å². The summed E-state index contributed by atoms with van der Waals surface area (Å²) in [6.45, 7) is 2.74. The van der Waals surface area contributed by atoms with Crippen molar-refractivity contribution in [3.8, 4) is 11.3 Å². The van der Waals surface area contributed by atoms with Gasteiger partial charge in [-0.1, -0.05) is 6.07 Å². The quantitative estimate of drug-likeness (QED) is 0.782. The molecule has 0 atom stereocenters. The second-order valence-electron chi connectivity index (χ2n) is 4.62. The van der Waals surface area contributed by atoms with Crippen molar-refractivity contribution in [2.75, 3.05) is 5.32 Å². The van der Waals surface area contributed by atoms with E-state index in [1.54, 1.807) is 6.20 Å². The standard InChI is InChI=1S/C16H15N3O/c1-12-2-5-15(18-8-12)9-19-14-6-3-13(4-7-14)16-10-17-11-20-16/h2-8,10-11,19H,9H2,1H3. The lowest BCUT2D eigenvalue weighted by atomic mass is 10.1. The molecule has 1 N–H and O–H groups in total. The topological polar surface area (TPSA) is 51.0 Å². The molecule has 0 saturated carbocycles. The van der Waals surface area contributed by atoms with Crippen LogP contribution in [0.3, 0.4) is 0 Å². The summed E-state index contributed by atoms with van der Waals surface area (Å²) in [7, 11) is 0. The summed E-state index contributed by atoms with van der Waals surface area (Å²) in [6, 6.07) is 12.1. The zero-order chi connectivity index (χ0) is 13.8. The van der Waals surface area contributed by atoms with Gasteiger partial charge >= 0.3 is 0 Å². The van der Waals surface area contributed by atoms with Gasteiger partial charge in [-0.15, -0.1) is 0 Å². The number of anilines is 1. The molecule has 0 aliphatic rings. The van der Waals surface area contributed by atoms with Crippen LogP contribution in [-0.2, 0) is 6.54 Å². The van der Waals surface area contributed by atoms with Gasteiger partial charge in [0, 0.05) is 17.4 Å². The minimum absolute atomic E-state index is 0.710. The SMILES string of the molecule is Cc1ccc(CNc2ccc(-c3cnco3)cc2)nc1. The van der Waals surface area contributed by atoms with Crippen LogP contribution in [0.1, 0.15) is 11.3 Å². The molecule has 0 bridgehead atoms. The molecule has 1 aromatic carbocycles. The zero-order valence-electron chi connectivity index (χ0n) is 11.2. The van der Waals surface area contributed by atoms with Crippen LogP contribution in [0.15, 0.2) is 59.6 Å². The Bertz CT molecular complexity index is 658. The second kappa shape index (κ2) is 5.57. The average Bonchev–Trinajstić information content (AvgIpc) is 3.01. The van der Waals surface area contributed by atoms with Crippen LogP contribution >= 0.6 is 0 Å². The molecule has 0 amide bonds. The number of benzene rings is 1. The number of hydrogen-bond acceptors (Lipinski definition) is 4. The normalized spacial score (nSPS) is 10.4. The first-order valence-corrected chi connectivity index (χ1v) is 6.45. The Kier molecular flexibility index (Phi) is 3.46. The fourth-order valence-electron chi connectivity index (χ4n) is 1.91. The van der Waals surface area contributed by atoms with E-state index in [1.807, 2.05) is 43.5 Å². The fourth-order valence-corrected chi connectivity index (χ4v) is 1.91. The van der Waals surface area contributed by atoms with Crippen molar-refractivity contribution in [2.45, 2.75) is 13.5 Å². The Morgan fingerprint density at radius 1 is 1.05 bits per heavy atom. The van der Waals surface area contributed by atoms with E-state index in [4.69, 9.17) is 4.42 Å². The third-order valence-electron chi connectivity index (χ3n) is 3.05. The zero-order valence-corrected chi connectivity index (χ0v) is 11.2. The largest absolute Gasteiger partial charge is 0.444 e. The highest BCUT2D eigenvalue weighted by Crippen LogP contribution is 2.20. The van der Waals surface area contributed by atoms with Crippen LogP contribution in [0.4, 0.5) is 5.69 Å². The summed E-state index contributed by atoms with van der Waals surface area (Å²) in [4.78, 5) is 8.28. The highest BCUT2D eigenvalue weighted by molar-refractivity contribution is 5.60. The number of hydrogen-bond donors (Lipinski definition) is 1. The molecule has 100 valence electrons. The maximum Gasteiger partial charge on any atom is 0.181 e. The van der Waals surface area contributed by atoms with Gasteiger partial charge < -0.3 is 9.73 Å². The number of nitrogens with zero attached hydrogens (tertiary/aromatic N) is 2. The molecule has 20 heavy (non-hydrogen) atoms. The molecule has 0 spiro atoms. The van der Waals surface area contributed by atoms with Crippen LogP contribution in [-0.4, -0.2) is 9.97 Å². The maximum absolute atomic E-state index is 5.26. The number of aryl methyl sites for hydroxylation is 1. The van der Waals surface area contributed by atoms with E-state index < -0.39 is 0 Å². The number of nitrogens with one attached hydrogen (secondary N) is 1. The first-order chi connectivity index (χ1) is 9.81. The summed E-state index contributed by atoms with van der Waals surface area (Å²) in [5, 5.41) is 3.34. The van der Waals surface area contributed by atoms with Crippen molar-refractivity contribution < 1.29 is 4.42 Å². The number of aromatic nitrogens is 2. The molecule has 0 unspecified atom stereocenters. The first-order valence-electron chi connectivity index (χ1n) is 6.45. The number of oxazole rings is 1. The van der Waals surface area contributed by atoms with E-state index >= 15 is 0 Å². The molecular formula is C16H15N3O. The molecule has 0 fully saturated rings. The summed E-state index contributed by atoms with van der Waals surface area (Å²) in [5.74, 6) is 0.775. The van der Waals surface area contributed by atoms with Gasteiger partial charge in [-0.3, -0.25) is 4.98 Å². The van der Waals surface area contributed by atoms with Gasteiger partial charge in [-0.25, -0.2) is 4.98 Å². The van der Waals surface area contributed by atoms with Crippen molar-refractivity contribution in [3.63, 3.8) is 0 Å². The predicted molar refractivity (Wildman–Crippen MR) is 78.2 cm³/mol. The van der Waals surface area contributed by atoms with E-state index in [0.29, 0.717) is 6.54 Å². The smallest absolute Gasteiger partial charge is 0.181 e. The van der Waals surface area contributed by atoms with Crippen molar-refractivity contribution in [3.05, 3.63) is 66.4 Å². The van der Waals surface area contributed by atoms with Gasteiger partial charge in [0.05, 0.1) is 18.4 Å². The number of rotatable bonds is 4. The Hall–Kier alpha value is -2.62. The number of pyridine rings is 1. The molecule has 0 radical (unpaired) electrons. The third-order valence-corrected chi connectivity index (χ3v) is 3.05. The Morgan fingerprint density at radius 3 is 2.55 bits per heavy atom. The Morgan fingerprint density at radius 2 is 1.90 bits per heavy atom. The van der Waals surface area contributed by atoms with Crippen LogP contribution in [0.2, 0.25) is 0 Å². The summed E-state index contributed by atoms with van der Waals surface area (Å²) >= 11 is 0. The molecular weight excluding hydrogens is 250 g/mol. The Balaban J connectivity index is 1.65. The maximum atomic E-state index is 5.26. The molecule has 3 aromatic rings. The molecule has 3 rings (SSSR count). The highest BCUT2D eigenvalue weighted by atomic mass is 16.3. The van der Waals surface area contributed by atoms with Crippen LogP contribution in [0.5, 0.6) is 0 Å². The van der Waals surface area contributed by atoms with Crippen LogP contribution in [0.25, 0.3) is 11.3 Å². The van der Waals surface area contributed by atoms with Crippen molar-refractivity contribution in [1.29, 1.82) is 0 Å². The molecule has 2 heterocycles. The lowest BCUT2D eigenvalue weighted by molar-refractivity contribution is 0.572. The molecule has 4 heteroatoms. The highest BCUT2D eigenvalue weighted by Gasteiger charge is 2.01. The lowest BCUT2D eigenvalue weighted by Crippen LogP contribution is -2.01. The van der Waals surface area contributed by atoms with Gasteiger partial charge in [0.25, 0.3) is 0 Å². The van der Waals surface area contributed by atoms with Crippen molar-refractivity contribution in [1.82, 2.24) is 9.97 Å². The van der Waals surface area contributed by atoms with Gasteiger partial charge in [0.1, 0.15) is 0 Å². The van der Waals surface area contributed by atoms with E-state index in [2.05, 4.69) is 21.4 Å². The van der Waals surface area contributed by atoms with Crippen molar-refractivity contribution in [2.24, 2.45) is 0 Å². The fraction of sp³-hybridized carbons (Fsp3) is 0.125. The minimum Gasteiger partial charge on any atom is -0.444 e. The van der Waals surface area contributed by atoms with Gasteiger partial charge in [-0.2, -0.15) is 0 Å². The van der Waals surface area contributed by atoms with Gasteiger partial charge in [-0.05, 0) is 42.8 Å². The van der Waals surface area contributed by atoms with E-state index in [1.165, 1.54) is 12.0 Å². The summed E-state index contributed by atoms with van der Waals surface area (Å²) in [6.07, 6.45) is 5.02. The molecule has 0 saturated heterocycles. The lowest BCUT2D eigenvalue weighted by Gasteiger charge is -2.06. The first kappa shape index (κ1) is 12.4. The van der Waals surface area contributed by atoms with E-state index in [0.717, 1.165) is 22.7 Å². The summed E-state index contributed by atoms with van der Waals surface area (Å²) < 4.78 is 5.26. The van der Waals surface area contributed by atoms with E-state index in [-0.39, 0.29) is 0 Å². The molecule has 0 aliphatic carbocycles. The predicted octanol–water partition coefficient (Wildman–Crippen LogP) is 3.66. The van der Waals surface area contributed by atoms with Gasteiger partial charge in [0.15, 0.2) is 12.2 Å². The van der Waals surface area contributed by atoms with Gasteiger partial charge in [0.2, 0.25) is 0 Å². The summed E-state index contributed by atoms with van der Waals surface area (Å²) in [5.41, 5.74) is 4.26. The molecule has 0 aliphatic heterocycles. The monoisotopic (exact) mass is 265 g/mol. The van der Waals surface area contributed by atoms with Crippen molar-refractivity contribution >= 4 is 5.69 Å². The van der Waals surface area contributed by atoms with Crippen LogP contribution in [0, 0.1) is 6.92 Å². The third kappa shape index (κ3) is 2.85. The second-order valence-corrected chi connectivity index (χ2v) is 4.62.